The summed E-state index contributed by atoms with van der Waals surface area (Å²) in [6.45, 7) is -2.19. The van der Waals surface area contributed by atoms with Crippen molar-refractivity contribution >= 4 is 21.8 Å². The van der Waals surface area contributed by atoms with Crippen LogP contribution in [0.2, 0.25) is 0 Å². The lowest BCUT2D eigenvalue weighted by molar-refractivity contribution is -0.121. The highest BCUT2D eigenvalue weighted by molar-refractivity contribution is 9.10. The van der Waals surface area contributed by atoms with Gasteiger partial charge in [0.25, 0.3) is 0 Å². The number of alkyl halides is 2. The lowest BCUT2D eigenvalue weighted by Crippen LogP contribution is -2.26. The van der Waals surface area contributed by atoms with Crippen molar-refractivity contribution in [3.8, 4) is 5.75 Å². The van der Waals surface area contributed by atoms with Gasteiger partial charge in [-0.1, -0.05) is 15.9 Å². The molecule has 0 saturated carbocycles. The van der Waals surface area contributed by atoms with Gasteiger partial charge in [0.15, 0.2) is 0 Å². The molecule has 0 bridgehead atoms. The average molecular weight is 337 g/mol. The van der Waals surface area contributed by atoms with Crippen LogP contribution in [0, 0.1) is 0 Å². The number of benzene rings is 1. The van der Waals surface area contributed by atoms with Crippen LogP contribution in [0.25, 0.3) is 0 Å². The minimum absolute atomic E-state index is 0.0621. The van der Waals surface area contributed by atoms with Crippen molar-refractivity contribution in [1.82, 2.24) is 10.6 Å². The summed E-state index contributed by atoms with van der Waals surface area (Å²) in [5, 5.41) is 5.50. The number of rotatable bonds is 7. The largest absolute Gasteiger partial charge is 0.434 e. The fraction of sp³-hybridized carbons (Fsp3) is 0.417. The Morgan fingerprint density at radius 1 is 1.47 bits per heavy atom. The first kappa shape index (κ1) is 15.8. The minimum atomic E-state index is -2.89. The maximum Gasteiger partial charge on any atom is 0.387 e. The highest BCUT2D eigenvalue weighted by Gasteiger charge is 2.11. The third-order valence-electron chi connectivity index (χ3n) is 2.32. The first-order chi connectivity index (χ1) is 9.02. The van der Waals surface area contributed by atoms with Gasteiger partial charge in [0, 0.05) is 29.5 Å². The Labute approximate surface area is 118 Å². The third-order valence-corrected chi connectivity index (χ3v) is 2.81. The molecular formula is C12H15BrF2N2O2. The summed E-state index contributed by atoms with van der Waals surface area (Å²) in [4.78, 5) is 11.4. The van der Waals surface area contributed by atoms with Crippen molar-refractivity contribution in [2.45, 2.75) is 19.6 Å². The summed E-state index contributed by atoms with van der Waals surface area (Å²) >= 11 is 3.25. The lowest BCUT2D eigenvalue weighted by Gasteiger charge is -2.12. The molecule has 0 saturated heterocycles. The van der Waals surface area contributed by atoms with E-state index in [2.05, 4.69) is 31.3 Å². The van der Waals surface area contributed by atoms with Crippen molar-refractivity contribution in [2.24, 2.45) is 0 Å². The van der Waals surface area contributed by atoms with Crippen LogP contribution in [0.15, 0.2) is 22.7 Å². The van der Waals surface area contributed by atoms with Gasteiger partial charge in [0.2, 0.25) is 5.91 Å². The van der Waals surface area contributed by atoms with Gasteiger partial charge in [0.05, 0.1) is 0 Å². The predicted molar refractivity (Wildman–Crippen MR) is 71.2 cm³/mol. The van der Waals surface area contributed by atoms with Gasteiger partial charge in [-0.25, -0.2) is 0 Å². The molecule has 0 aliphatic rings. The van der Waals surface area contributed by atoms with Crippen LogP contribution in [0.1, 0.15) is 12.0 Å². The van der Waals surface area contributed by atoms with Crippen LogP contribution in [0.5, 0.6) is 5.75 Å². The van der Waals surface area contributed by atoms with E-state index in [4.69, 9.17) is 0 Å². The van der Waals surface area contributed by atoms with Crippen LogP contribution in [-0.2, 0) is 11.3 Å². The number of ether oxygens (including phenoxy) is 1. The number of hydrogen-bond donors (Lipinski definition) is 2. The van der Waals surface area contributed by atoms with Gasteiger partial charge in [0.1, 0.15) is 5.75 Å². The van der Waals surface area contributed by atoms with Crippen LogP contribution < -0.4 is 15.4 Å². The zero-order valence-corrected chi connectivity index (χ0v) is 12.0. The van der Waals surface area contributed by atoms with Crippen molar-refractivity contribution in [3.63, 3.8) is 0 Å². The Kier molecular flexibility index (Phi) is 6.72. The number of carbonyl (C=O) groups is 1. The fourth-order valence-electron chi connectivity index (χ4n) is 1.42. The summed E-state index contributed by atoms with van der Waals surface area (Å²) in [6.07, 6.45) is 0.329. The van der Waals surface area contributed by atoms with Crippen LogP contribution >= 0.6 is 15.9 Å². The van der Waals surface area contributed by atoms with Crippen LogP contribution in [0.3, 0.4) is 0 Å². The number of carbonyl (C=O) groups excluding carboxylic acids is 1. The molecule has 4 nitrogen and oxygen atoms in total. The van der Waals surface area contributed by atoms with E-state index in [1.807, 2.05) is 0 Å². The van der Waals surface area contributed by atoms with Gasteiger partial charge in [-0.3, -0.25) is 4.79 Å². The molecule has 1 aromatic rings. The highest BCUT2D eigenvalue weighted by Crippen LogP contribution is 2.24. The molecule has 0 heterocycles. The second-order valence-electron chi connectivity index (χ2n) is 3.76. The van der Waals surface area contributed by atoms with Gasteiger partial charge in [-0.15, -0.1) is 0 Å². The van der Waals surface area contributed by atoms with E-state index in [0.717, 1.165) is 4.47 Å². The summed E-state index contributed by atoms with van der Waals surface area (Å²) in [7, 11) is 1.75. The molecule has 106 valence electrons. The van der Waals surface area contributed by atoms with E-state index in [-0.39, 0.29) is 18.2 Å². The molecule has 1 aromatic carbocycles. The Balaban J connectivity index is 2.65. The van der Waals surface area contributed by atoms with E-state index in [1.54, 1.807) is 19.2 Å². The van der Waals surface area contributed by atoms with Crippen LogP contribution in [-0.4, -0.2) is 26.1 Å². The van der Waals surface area contributed by atoms with Crippen molar-refractivity contribution in [3.05, 3.63) is 28.2 Å². The second-order valence-corrected chi connectivity index (χ2v) is 4.68. The fourth-order valence-corrected chi connectivity index (χ4v) is 1.83. The number of nitrogens with one attached hydrogen (secondary N) is 2. The van der Waals surface area contributed by atoms with Crippen molar-refractivity contribution in [2.75, 3.05) is 13.6 Å². The molecule has 0 fully saturated rings. The van der Waals surface area contributed by atoms with Gasteiger partial charge in [-0.05, 0) is 25.2 Å². The van der Waals surface area contributed by atoms with Gasteiger partial charge in [-0.2, -0.15) is 8.78 Å². The molecule has 0 unspecified atom stereocenters. The molecule has 7 heteroatoms. The van der Waals surface area contributed by atoms with E-state index in [9.17, 15) is 13.6 Å². The molecule has 0 radical (unpaired) electrons. The zero-order valence-electron chi connectivity index (χ0n) is 10.4. The number of amides is 1. The molecule has 0 aromatic heterocycles. The van der Waals surface area contributed by atoms with Gasteiger partial charge < -0.3 is 15.4 Å². The quantitative estimate of drug-likeness (QED) is 0.803. The predicted octanol–water partition coefficient (Wildman–Crippen LogP) is 2.28. The minimum Gasteiger partial charge on any atom is -0.434 e. The zero-order chi connectivity index (χ0) is 14.3. The molecule has 19 heavy (non-hydrogen) atoms. The summed E-state index contributed by atoms with van der Waals surface area (Å²) in [5.74, 6) is -0.0931. The van der Waals surface area contributed by atoms with E-state index >= 15 is 0 Å². The normalized spacial score (nSPS) is 10.6. The molecule has 1 rings (SSSR count). The Hall–Kier alpha value is -1.21. The topological polar surface area (TPSA) is 50.4 Å². The van der Waals surface area contributed by atoms with Gasteiger partial charge >= 0.3 is 6.61 Å². The summed E-state index contributed by atoms with van der Waals surface area (Å²) in [5.41, 5.74) is 0.493. The maximum absolute atomic E-state index is 12.2. The second kappa shape index (κ2) is 8.06. The van der Waals surface area contributed by atoms with Crippen molar-refractivity contribution < 1.29 is 18.3 Å². The molecular weight excluding hydrogens is 322 g/mol. The smallest absolute Gasteiger partial charge is 0.387 e. The van der Waals surface area contributed by atoms with Crippen molar-refractivity contribution in [1.29, 1.82) is 0 Å². The molecule has 0 spiro atoms. The molecule has 0 aliphatic heterocycles. The third kappa shape index (κ3) is 5.98. The lowest BCUT2D eigenvalue weighted by atomic mass is 10.2. The molecule has 0 atom stereocenters. The standard InChI is InChI=1S/C12H15BrF2N2O2/c1-16-5-4-11(18)17-7-8-6-9(13)2-3-10(8)19-12(14)15/h2-3,6,12,16H,4-5,7H2,1H3,(H,17,18). The highest BCUT2D eigenvalue weighted by atomic mass is 79.9. The molecule has 2 N–H and O–H groups in total. The monoisotopic (exact) mass is 336 g/mol. The van der Waals surface area contributed by atoms with E-state index in [1.165, 1.54) is 6.07 Å². The van der Waals surface area contributed by atoms with E-state index in [0.29, 0.717) is 18.5 Å². The van der Waals surface area contributed by atoms with E-state index < -0.39 is 6.61 Å². The first-order valence-electron chi connectivity index (χ1n) is 5.67. The Morgan fingerprint density at radius 2 is 2.21 bits per heavy atom. The SMILES string of the molecule is CNCCC(=O)NCc1cc(Br)ccc1OC(F)F. The number of hydrogen-bond acceptors (Lipinski definition) is 3. The summed E-state index contributed by atoms with van der Waals surface area (Å²) < 4.78 is 29.6. The number of halogens is 3. The summed E-state index contributed by atoms with van der Waals surface area (Å²) in [6, 6.07) is 4.67. The maximum atomic E-state index is 12.2. The Morgan fingerprint density at radius 3 is 2.84 bits per heavy atom. The average Bonchev–Trinajstić information content (AvgIpc) is 2.36. The first-order valence-corrected chi connectivity index (χ1v) is 6.46. The molecule has 1 amide bonds. The van der Waals surface area contributed by atoms with Crippen LogP contribution in [0.4, 0.5) is 8.78 Å². The molecule has 0 aliphatic carbocycles. The Bertz CT molecular complexity index is 430.